The van der Waals surface area contributed by atoms with Gasteiger partial charge in [-0.15, -0.1) is 11.3 Å². The van der Waals surface area contributed by atoms with Gasteiger partial charge in [-0.05, 0) is 49.7 Å². The molecular formula is C18H23NO4S. The molecule has 2 aromatic rings. The summed E-state index contributed by atoms with van der Waals surface area (Å²) in [6.07, 6.45) is 0.421. The Morgan fingerprint density at radius 3 is 2.67 bits per heavy atom. The zero-order valence-corrected chi connectivity index (χ0v) is 15.0. The maximum atomic E-state index is 11.6. The van der Waals surface area contributed by atoms with Crippen LogP contribution < -0.4 is 9.47 Å². The second-order valence-electron chi connectivity index (χ2n) is 5.75. The number of hydrogen-bond donors (Lipinski definition) is 1. The lowest BCUT2D eigenvalue weighted by atomic mass is 9.97. The van der Waals surface area contributed by atoms with E-state index in [0.29, 0.717) is 24.5 Å². The van der Waals surface area contributed by atoms with Gasteiger partial charge < -0.3 is 19.5 Å². The molecule has 1 unspecified atom stereocenters. The Morgan fingerprint density at radius 1 is 1.29 bits per heavy atom. The normalized spacial score (nSPS) is 12.2. The monoisotopic (exact) mass is 349 g/mol. The van der Waals surface area contributed by atoms with Crippen molar-refractivity contribution in [3.63, 3.8) is 0 Å². The Morgan fingerprint density at radius 2 is 2.08 bits per heavy atom. The standard InChI is InChI=1S/C18H23NO4S/c1-19(2)8-9-23-16-12-13(6-7-15(16)22-3)11-14(18(20)21)17-5-4-10-24-17/h4-7,10,12,14H,8-9,11H2,1-3H3,(H,20,21). The number of ether oxygens (including phenoxy) is 2. The van der Waals surface area contributed by atoms with Gasteiger partial charge in [0.05, 0.1) is 13.0 Å². The molecule has 0 spiro atoms. The second-order valence-corrected chi connectivity index (χ2v) is 6.73. The molecule has 1 N–H and O–H groups in total. The van der Waals surface area contributed by atoms with Crippen molar-refractivity contribution in [1.29, 1.82) is 0 Å². The highest BCUT2D eigenvalue weighted by molar-refractivity contribution is 7.10. The Labute approximate surface area is 146 Å². The van der Waals surface area contributed by atoms with Gasteiger partial charge in [-0.25, -0.2) is 0 Å². The predicted molar refractivity (Wildman–Crippen MR) is 95.4 cm³/mol. The molecule has 24 heavy (non-hydrogen) atoms. The van der Waals surface area contributed by atoms with Gasteiger partial charge in [-0.2, -0.15) is 0 Å². The van der Waals surface area contributed by atoms with E-state index in [9.17, 15) is 9.90 Å². The number of likely N-dealkylation sites (N-methyl/N-ethyl adjacent to an activating group) is 1. The van der Waals surface area contributed by atoms with Crippen LogP contribution in [0.5, 0.6) is 11.5 Å². The van der Waals surface area contributed by atoms with Crippen LogP contribution in [-0.4, -0.2) is 50.3 Å². The molecule has 6 heteroatoms. The molecule has 0 radical (unpaired) electrons. The molecule has 0 saturated heterocycles. The number of hydrogen-bond acceptors (Lipinski definition) is 5. The summed E-state index contributed by atoms with van der Waals surface area (Å²) in [7, 11) is 5.56. The third-order valence-corrected chi connectivity index (χ3v) is 4.63. The quantitative estimate of drug-likeness (QED) is 0.754. The number of aliphatic carboxylic acids is 1. The van der Waals surface area contributed by atoms with Crippen LogP contribution in [-0.2, 0) is 11.2 Å². The van der Waals surface area contributed by atoms with E-state index in [1.807, 2.05) is 54.7 Å². The van der Waals surface area contributed by atoms with E-state index in [0.717, 1.165) is 17.0 Å². The minimum atomic E-state index is -0.816. The number of thiophene rings is 1. The van der Waals surface area contributed by atoms with E-state index in [4.69, 9.17) is 9.47 Å². The number of carboxylic acid groups (broad SMARTS) is 1. The van der Waals surface area contributed by atoms with Crippen LogP contribution in [0.25, 0.3) is 0 Å². The summed E-state index contributed by atoms with van der Waals surface area (Å²) in [5.74, 6) is -0.0657. The highest BCUT2D eigenvalue weighted by atomic mass is 32.1. The number of carbonyl (C=O) groups is 1. The van der Waals surface area contributed by atoms with Crippen molar-refractivity contribution in [2.45, 2.75) is 12.3 Å². The molecule has 1 aromatic carbocycles. The van der Waals surface area contributed by atoms with Gasteiger partial charge in [0, 0.05) is 11.4 Å². The van der Waals surface area contributed by atoms with Gasteiger partial charge in [-0.1, -0.05) is 12.1 Å². The fourth-order valence-corrected chi connectivity index (χ4v) is 3.15. The fourth-order valence-electron chi connectivity index (χ4n) is 2.33. The summed E-state index contributed by atoms with van der Waals surface area (Å²) in [6.45, 7) is 1.33. The maximum Gasteiger partial charge on any atom is 0.312 e. The molecule has 1 atom stereocenters. The summed E-state index contributed by atoms with van der Waals surface area (Å²) in [4.78, 5) is 14.5. The largest absolute Gasteiger partial charge is 0.493 e. The molecule has 1 aromatic heterocycles. The van der Waals surface area contributed by atoms with Crippen LogP contribution in [0.1, 0.15) is 16.4 Å². The van der Waals surface area contributed by atoms with Crippen molar-refractivity contribution >= 4 is 17.3 Å². The van der Waals surface area contributed by atoms with E-state index in [1.165, 1.54) is 11.3 Å². The molecule has 0 saturated carbocycles. The smallest absolute Gasteiger partial charge is 0.312 e. The molecule has 130 valence electrons. The van der Waals surface area contributed by atoms with Crippen molar-refractivity contribution in [3.05, 3.63) is 46.2 Å². The van der Waals surface area contributed by atoms with E-state index >= 15 is 0 Å². The average Bonchev–Trinajstić information content (AvgIpc) is 3.06. The van der Waals surface area contributed by atoms with Gasteiger partial charge in [0.1, 0.15) is 6.61 Å². The number of carboxylic acids is 1. The molecule has 0 bridgehead atoms. The lowest BCUT2D eigenvalue weighted by molar-refractivity contribution is -0.138. The first-order valence-corrected chi connectivity index (χ1v) is 8.60. The molecule has 0 amide bonds. The molecule has 0 fully saturated rings. The Bertz CT molecular complexity index is 655. The number of rotatable bonds is 9. The van der Waals surface area contributed by atoms with Gasteiger partial charge in [0.2, 0.25) is 0 Å². The Kier molecular flexibility index (Phi) is 6.63. The third kappa shape index (κ3) is 4.97. The Hall–Kier alpha value is -2.05. The predicted octanol–water partition coefficient (Wildman–Crippen LogP) is 3.11. The van der Waals surface area contributed by atoms with Gasteiger partial charge in [0.15, 0.2) is 11.5 Å². The summed E-state index contributed by atoms with van der Waals surface area (Å²) >= 11 is 1.47. The first kappa shape index (κ1) is 18.3. The fraction of sp³-hybridized carbons (Fsp3) is 0.389. The van der Waals surface area contributed by atoms with Gasteiger partial charge >= 0.3 is 5.97 Å². The van der Waals surface area contributed by atoms with Crippen LogP contribution in [0.2, 0.25) is 0 Å². The van der Waals surface area contributed by atoms with Crippen molar-refractivity contribution < 1.29 is 19.4 Å². The van der Waals surface area contributed by atoms with Crippen molar-refractivity contribution in [1.82, 2.24) is 4.90 Å². The Balaban J connectivity index is 2.16. The lowest BCUT2D eigenvalue weighted by Gasteiger charge is -2.16. The molecule has 5 nitrogen and oxygen atoms in total. The van der Waals surface area contributed by atoms with E-state index in [1.54, 1.807) is 7.11 Å². The molecule has 0 aliphatic rings. The number of benzene rings is 1. The molecule has 1 heterocycles. The number of nitrogens with zero attached hydrogens (tertiary/aromatic N) is 1. The molecule has 2 rings (SSSR count). The van der Waals surface area contributed by atoms with Crippen LogP contribution >= 0.6 is 11.3 Å². The van der Waals surface area contributed by atoms with Crippen LogP contribution in [0, 0.1) is 0 Å². The second kappa shape index (κ2) is 8.70. The zero-order valence-electron chi connectivity index (χ0n) is 14.2. The van der Waals surface area contributed by atoms with E-state index < -0.39 is 11.9 Å². The minimum absolute atomic E-state index is 0.421. The first-order valence-electron chi connectivity index (χ1n) is 7.72. The van der Waals surface area contributed by atoms with Crippen LogP contribution in [0.15, 0.2) is 35.7 Å². The van der Waals surface area contributed by atoms with E-state index in [2.05, 4.69) is 0 Å². The van der Waals surface area contributed by atoms with Crippen molar-refractivity contribution in [2.75, 3.05) is 34.4 Å². The summed E-state index contributed by atoms with van der Waals surface area (Å²) < 4.78 is 11.1. The maximum absolute atomic E-state index is 11.6. The van der Waals surface area contributed by atoms with E-state index in [-0.39, 0.29) is 0 Å². The summed E-state index contributed by atoms with van der Waals surface area (Å²) in [5.41, 5.74) is 0.913. The lowest BCUT2D eigenvalue weighted by Crippen LogP contribution is -2.19. The summed E-state index contributed by atoms with van der Waals surface area (Å²) in [6, 6.07) is 9.33. The van der Waals surface area contributed by atoms with Crippen molar-refractivity contribution in [3.8, 4) is 11.5 Å². The molecular weight excluding hydrogens is 326 g/mol. The highest BCUT2D eigenvalue weighted by Crippen LogP contribution is 2.31. The van der Waals surface area contributed by atoms with Crippen LogP contribution in [0.3, 0.4) is 0 Å². The van der Waals surface area contributed by atoms with Gasteiger partial charge in [-0.3, -0.25) is 4.79 Å². The SMILES string of the molecule is COc1ccc(CC(C(=O)O)c2cccs2)cc1OCCN(C)C. The summed E-state index contributed by atoms with van der Waals surface area (Å²) in [5, 5.41) is 11.4. The third-order valence-electron chi connectivity index (χ3n) is 3.65. The first-order chi connectivity index (χ1) is 11.5. The average molecular weight is 349 g/mol. The highest BCUT2D eigenvalue weighted by Gasteiger charge is 2.22. The van der Waals surface area contributed by atoms with Crippen LogP contribution in [0.4, 0.5) is 0 Å². The topological polar surface area (TPSA) is 59.0 Å². The minimum Gasteiger partial charge on any atom is -0.493 e. The van der Waals surface area contributed by atoms with Gasteiger partial charge in [0.25, 0.3) is 0 Å². The number of methoxy groups -OCH3 is 1. The zero-order chi connectivity index (χ0) is 17.5. The molecule has 0 aliphatic carbocycles. The van der Waals surface area contributed by atoms with Crippen molar-refractivity contribution in [2.24, 2.45) is 0 Å². The molecule has 0 aliphatic heterocycles.